The van der Waals surface area contributed by atoms with Crippen LogP contribution in [0, 0.1) is 6.33 Å². The minimum Gasteiger partial charge on any atom is -0.304 e. The molecule has 0 aliphatic carbocycles. The fourth-order valence-electron chi connectivity index (χ4n) is 1.50. The molecule has 0 fully saturated rings. The average molecular weight is 225 g/mol. The highest BCUT2D eigenvalue weighted by Crippen LogP contribution is 1.91. The lowest BCUT2D eigenvalue weighted by Crippen LogP contribution is -2.37. The number of hydrogen-bond acceptors (Lipinski definition) is 4. The number of H-pyrrole nitrogens is 1. The highest BCUT2D eigenvalue weighted by molar-refractivity contribution is 4.73. The summed E-state index contributed by atoms with van der Waals surface area (Å²) in [5.41, 5.74) is -1.28. The van der Waals surface area contributed by atoms with Crippen LogP contribution in [-0.2, 0) is 6.54 Å². The van der Waals surface area contributed by atoms with Crippen LogP contribution in [0.15, 0.2) is 9.59 Å². The quantitative estimate of drug-likeness (QED) is 0.660. The standard InChI is InChI=1S/C10H17N4O2/c1-3-13(4-2)6-5-7-14-8-11-12-9(15)10(14)16/h3-7H2,1-2H3,(H,12,15). The summed E-state index contributed by atoms with van der Waals surface area (Å²) < 4.78 is 1.22. The van der Waals surface area contributed by atoms with E-state index in [1.807, 2.05) is 0 Å². The Hall–Kier alpha value is -1.43. The molecule has 1 aromatic rings. The molecule has 16 heavy (non-hydrogen) atoms. The molecule has 0 saturated heterocycles. The molecular weight excluding hydrogens is 208 g/mol. The summed E-state index contributed by atoms with van der Waals surface area (Å²) in [5.74, 6) is 0. The first kappa shape index (κ1) is 12.6. The van der Waals surface area contributed by atoms with Crippen molar-refractivity contribution in [2.45, 2.75) is 26.8 Å². The van der Waals surface area contributed by atoms with Gasteiger partial charge in [0.15, 0.2) is 0 Å². The Morgan fingerprint density at radius 3 is 2.69 bits per heavy atom. The number of aromatic amines is 1. The largest absolute Gasteiger partial charge is 0.330 e. The molecule has 0 aromatic carbocycles. The predicted octanol–water partition coefficient (Wildman–Crippen LogP) is -0.536. The number of rotatable bonds is 6. The van der Waals surface area contributed by atoms with Gasteiger partial charge >= 0.3 is 11.1 Å². The van der Waals surface area contributed by atoms with Crippen molar-refractivity contribution in [1.29, 1.82) is 0 Å². The number of nitrogens with zero attached hydrogens (tertiary/aromatic N) is 3. The van der Waals surface area contributed by atoms with Crippen molar-refractivity contribution in [3.8, 4) is 0 Å². The third-order valence-corrected chi connectivity index (χ3v) is 2.52. The van der Waals surface area contributed by atoms with Crippen LogP contribution in [0.25, 0.3) is 0 Å². The van der Waals surface area contributed by atoms with Gasteiger partial charge in [0.25, 0.3) is 0 Å². The summed E-state index contributed by atoms with van der Waals surface area (Å²) in [6.45, 7) is 7.55. The van der Waals surface area contributed by atoms with Crippen molar-refractivity contribution in [3.05, 3.63) is 27.0 Å². The van der Waals surface area contributed by atoms with Crippen LogP contribution in [0.1, 0.15) is 20.3 Å². The molecule has 0 unspecified atom stereocenters. The van der Waals surface area contributed by atoms with Crippen molar-refractivity contribution in [2.24, 2.45) is 0 Å². The molecule has 89 valence electrons. The predicted molar refractivity (Wildman–Crippen MR) is 60.4 cm³/mol. The molecule has 1 rings (SSSR count). The highest BCUT2D eigenvalue weighted by Gasteiger charge is 2.02. The van der Waals surface area contributed by atoms with Crippen molar-refractivity contribution in [2.75, 3.05) is 19.6 Å². The number of nitrogens with one attached hydrogen (secondary N) is 1. The van der Waals surface area contributed by atoms with Crippen LogP contribution in [0.3, 0.4) is 0 Å². The van der Waals surface area contributed by atoms with Crippen molar-refractivity contribution in [1.82, 2.24) is 19.7 Å². The summed E-state index contributed by atoms with van der Waals surface area (Å²) in [6.07, 6.45) is 3.28. The molecule has 0 amide bonds. The zero-order valence-corrected chi connectivity index (χ0v) is 9.69. The molecule has 0 saturated carbocycles. The molecule has 1 heterocycles. The summed E-state index contributed by atoms with van der Waals surface area (Å²) in [5, 5.41) is 5.53. The van der Waals surface area contributed by atoms with Crippen molar-refractivity contribution < 1.29 is 0 Å². The van der Waals surface area contributed by atoms with Crippen LogP contribution in [0.4, 0.5) is 0 Å². The maximum atomic E-state index is 11.3. The van der Waals surface area contributed by atoms with Crippen LogP contribution in [-0.4, -0.2) is 39.3 Å². The van der Waals surface area contributed by atoms with E-state index in [1.54, 1.807) is 0 Å². The molecular formula is C10H17N4O2. The number of aromatic nitrogens is 3. The van der Waals surface area contributed by atoms with Gasteiger partial charge in [-0.3, -0.25) is 14.2 Å². The Bertz CT molecular complexity index is 419. The Kier molecular flexibility index (Phi) is 4.91. The highest BCUT2D eigenvalue weighted by atomic mass is 16.2. The van der Waals surface area contributed by atoms with Crippen LogP contribution >= 0.6 is 0 Å². The van der Waals surface area contributed by atoms with Gasteiger partial charge in [0.1, 0.15) is 0 Å². The summed E-state index contributed by atoms with van der Waals surface area (Å²) >= 11 is 0. The Labute approximate surface area is 93.9 Å². The van der Waals surface area contributed by atoms with E-state index in [2.05, 4.69) is 35.3 Å². The Morgan fingerprint density at radius 1 is 1.38 bits per heavy atom. The Balaban J connectivity index is 2.52. The van der Waals surface area contributed by atoms with E-state index in [0.29, 0.717) is 6.54 Å². The summed E-state index contributed by atoms with van der Waals surface area (Å²) in [7, 11) is 0. The molecule has 1 N–H and O–H groups in total. The van der Waals surface area contributed by atoms with Crippen molar-refractivity contribution in [3.63, 3.8) is 0 Å². The fourth-order valence-corrected chi connectivity index (χ4v) is 1.50. The molecule has 1 radical (unpaired) electrons. The van der Waals surface area contributed by atoms with Gasteiger partial charge in [0.2, 0.25) is 6.33 Å². The maximum Gasteiger partial charge on any atom is 0.330 e. The average Bonchev–Trinajstić information content (AvgIpc) is 2.30. The van der Waals surface area contributed by atoms with E-state index >= 15 is 0 Å². The summed E-state index contributed by atoms with van der Waals surface area (Å²) in [6, 6.07) is 0. The van der Waals surface area contributed by atoms with E-state index in [4.69, 9.17) is 0 Å². The third kappa shape index (κ3) is 3.30. The Morgan fingerprint density at radius 2 is 2.06 bits per heavy atom. The molecule has 6 heteroatoms. The van der Waals surface area contributed by atoms with E-state index in [9.17, 15) is 9.59 Å². The van der Waals surface area contributed by atoms with Gasteiger partial charge in [0, 0.05) is 6.54 Å². The molecule has 0 atom stereocenters. The molecule has 0 spiro atoms. The third-order valence-electron chi connectivity index (χ3n) is 2.52. The SMILES string of the molecule is CCN(CC)CCCn1[c]n[nH]c(=O)c1=O. The van der Waals surface area contributed by atoms with E-state index in [0.717, 1.165) is 26.1 Å². The van der Waals surface area contributed by atoms with E-state index < -0.39 is 11.1 Å². The van der Waals surface area contributed by atoms with Gasteiger partial charge < -0.3 is 4.90 Å². The zero-order chi connectivity index (χ0) is 12.0. The molecule has 6 nitrogen and oxygen atoms in total. The minimum absolute atomic E-state index is 0.478. The first-order valence-corrected chi connectivity index (χ1v) is 5.48. The molecule has 0 aliphatic rings. The van der Waals surface area contributed by atoms with Gasteiger partial charge in [-0.15, -0.1) is 0 Å². The van der Waals surface area contributed by atoms with Gasteiger partial charge in [-0.1, -0.05) is 13.8 Å². The molecule has 1 aromatic heterocycles. The molecule has 0 bridgehead atoms. The van der Waals surface area contributed by atoms with Gasteiger partial charge in [-0.2, -0.15) is 5.10 Å². The second kappa shape index (κ2) is 6.22. The minimum atomic E-state index is -0.693. The van der Waals surface area contributed by atoms with Gasteiger partial charge in [-0.25, -0.2) is 5.10 Å². The fraction of sp³-hybridized carbons (Fsp3) is 0.700. The van der Waals surface area contributed by atoms with Crippen LogP contribution in [0.2, 0.25) is 0 Å². The maximum absolute atomic E-state index is 11.3. The number of aryl methyl sites for hydroxylation is 1. The summed E-state index contributed by atoms with van der Waals surface area (Å²) in [4.78, 5) is 24.5. The zero-order valence-electron chi connectivity index (χ0n) is 9.69. The number of hydrogen-bond donors (Lipinski definition) is 1. The lowest BCUT2D eigenvalue weighted by Gasteiger charge is -2.17. The van der Waals surface area contributed by atoms with E-state index in [-0.39, 0.29) is 0 Å². The van der Waals surface area contributed by atoms with Gasteiger partial charge in [0.05, 0.1) is 0 Å². The second-order valence-corrected chi connectivity index (χ2v) is 3.49. The molecule has 0 aliphatic heterocycles. The normalized spacial score (nSPS) is 10.9. The first-order chi connectivity index (χ1) is 7.69. The second-order valence-electron chi connectivity index (χ2n) is 3.49. The van der Waals surface area contributed by atoms with Crippen LogP contribution < -0.4 is 11.1 Å². The first-order valence-electron chi connectivity index (χ1n) is 5.48. The monoisotopic (exact) mass is 225 g/mol. The lowest BCUT2D eigenvalue weighted by atomic mass is 10.3. The van der Waals surface area contributed by atoms with Crippen LogP contribution in [0.5, 0.6) is 0 Å². The smallest absolute Gasteiger partial charge is 0.304 e. The van der Waals surface area contributed by atoms with Gasteiger partial charge in [-0.05, 0) is 26.1 Å². The van der Waals surface area contributed by atoms with E-state index in [1.165, 1.54) is 4.57 Å². The topological polar surface area (TPSA) is 71.0 Å². The lowest BCUT2D eigenvalue weighted by molar-refractivity contribution is 0.292. The van der Waals surface area contributed by atoms with Crippen molar-refractivity contribution >= 4 is 0 Å².